The van der Waals surface area contributed by atoms with Crippen LogP contribution in [0.25, 0.3) is 45.3 Å². The van der Waals surface area contributed by atoms with Crippen molar-refractivity contribution in [1.82, 2.24) is 50.4 Å². The zero-order valence-electron chi connectivity index (χ0n) is 45.2. The predicted molar refractivity (Wildman–Crippen MR) is 272 cm³/mol. The van der Waals surface area contributed by atoms with Crippen LogP contribution in [0.2, 0.25) is 0 Å². The van der Waals surface area contributed by atoms with Gasteiger partial charge in [-0.3, -0.25) is 38.1 Å². The summed E-state index contributed by atoms with van der Waals surface area (Å²) in [7, 11) is -5.81. The summed E-state index contributed by atoms with van der Waals surface area (Å²) in [5, 5.41) is 32.3. The Morgan fingerprint density at radius 1 is 0.590 bits per heavy atom. The number of fused-ring (bicyclic) bond motifs is 6. The standard InChI is InChI=1S/C32H29N6O6P.C18H17N6O6P.CH2O3.3Na/c1-37-35-31(34-36-37)27-14-12-25(18-33-27)24-13-15-28-26(16-24)17-29-30(44-32(39)38(28)29)21-43-45(40,41-19-22-8-4-2-5-9-22)42-20-23-10-6-3-7-11-23;1-23-21-17(20-22-23)13-4-2-11(8-19-13)10-3-5-14-12(6-10)7-15-16(9-29-31(26,27)28)30-18(25)24(14)15;2-1-4-3;;;/h2-16,18,29-30H,17,19-21H2,1H3;2-6,8,15-16H,7,9H2,1H3,(H2,26,27,28);1,3H;;;/q;;;3*+1/p-3/t29-,30-;15-,16-;;;;/m00..../s1. The first-order valence-corrected chi connectivity index (χ1v) is 27.2. The van der Waals surface area contributed by atoms with Gasteiger partial charge in [-0.2, -0.15) is 9.59 Å². The third-order valence-corrected chi connectivity index (χ3v) is 14.7. The Labute approximate surface area is 539 Å². The first kappa shape index (κ1) is 65.1. The molecular weight excluding hydrogens is 1150 g/mol. The molecule has 0 aliphatic carbocycles. The maximum atomic E-state index is 13.8. The topological polar surface area (TPSA) is 339 Å². The van der Waals surface area contributed by atoms with Gasteiger partial charge in [0.2, 0.25) is 11.6 Å². The number of anilines is 2. The summed E-state index contributed by atoms with van der Waals surface area (Å²) < 4.78 is 57.1. The molecule has 4 aromatic carbocycles. The molecule has 4 aliphatic heterocycles. The number of carbonyl (C=O) groups excluding carboxylic acids is 3. The maximum Gasteiger partial charge on any atom is 1.00 e. The molecule has 4 aromatic heterocycles. The van der Waals surface area contributed by atoms with Gasteiger partial charge in [-0.1, -0.05) is 84.9 Å². The monoisotopic (exact) mass is 1200 g/mol. The van der Waals surface area contributed by atoms with Crippen LogP contribution in [-0.2, 0) is 86.5 Å². The maximum absolute atomic E-state index is 13.8. The van der Waals surface area contributed by atoms with Crippen LogP contribution in [0.4, 0.5) is 21.0 Å². The SMILES string of the molecule is Cn1nnc(-c2ccc(-c3ccc4c(c3)C[C@H]3[C@H](COP(=O)(OCc5ccccc5)OCc5ccccc5)OC(=O)N43)cn2)n1.Cn1nnc(-c2ccc(-c3ccc4c(c3)C[C@H]3[C@H](COP(=O)([O-])[O-])OC(=O)N43)cn2)n1.O=CO[O-].[Na+].[Na+].[Na+]. The van der Waals surface area contributed by atoms with Gasteiger partial charge in [0.25, 0.3) is 6.47 Å². The van der Waals surface area contributed by atoms with Gasteiger partial charge in [0.1, 0.15) is 23.6 Å². The molecule has 2 fully saturated rings. The fourth-order valence-corrected chi connectivity index (χ4v) is 10.8. The molecule has 8 aromatic rings. The Morgan fingerprint density at radius 3 is 1.36 bits per heavy atom. The summed E-state index contributed by atoms with van der Waals surface area (Å²) in [6.45, 7) is -0.769. The van der Waals surface area contributed by atoms with Crippen LogP contribution in [0.5, 0.6) is 0 Å². The van der Waals surface area contributed by atoms with Crippen molar-refractivity contribution in [3.8, 4) is 45.3 Å². The third kappa shape index (κ3) is 15.9. The van der Waals surface area contributed by atoms with Crippen molar-refractivity contribution >= 4 is 45.7 Å². The number of phosphoric acid groups is 2. The van der Waals surface area contributed by atoms with E-state index in [1.54, 1.807) is 43.5 Å². The largest absolute Gasteiger partial charge is 1.00 e. The van der Waals surface area contributed by atoms with E-state index in [9.17, 15) is 28.5 Å². The number of tetrazole rings is 2. The van der Waals surface area contributed by atoms with Gasteiger partial charge in [-0.05, 0) is 93.0 Å². The van der Waals surface area contributed by atoms with Crippen LogP contribution >= 0.6 is 15.6 Å². The van der Waals surface area contributed by atoms with Crippen LogP contribution in [0.1, 0.15) is 22.3 Å². The van der Waals surface area contributed by atoms with E-state index in [-0.39, 0.29) is 121 Å². The first-order valence-electron chi connectivity index (χ1n) is 24.3. The molecule has 83 heavy (non-hydrogen) atoms. The van der Waals surface area contributed by atoms with E-state index in [4.69, 9.17) is 33.1 Å². The summed E-state index contributed by atoms with van der Waals surface area (Å²) in [5.41, 5.74) is 9.83. The van der Waals surface area contributed by atoms with Crippen LogP contribution in [0.3, 0.4) is 0 Å². The number of aryl methyl sites for hydroxylation is 2. The van der Waals surface area contributed by atoms with Crippen molar-refractivity contribution < 1.29 is 160 Å². The minimum absolute atomic E-state index is 0. The summed E-state index contributed by atoms with van der Waals surface area (Å²) in [4.78, 5) is 72.8. The van der Waals surface area contributed by atoms with Gasteiger partial charge < -0.3 is 38.5 Å². The Kier molecular flexibility index (Phi) is 22.8. The molecule has 0 N–H and O–H groups in total. The van der Waals surface area contributed by atoms with Crippen molar-refractivity contribution in [2.75, 3.05) is 23.0 Å². The van der Waals surface area contributed by atoms with E-state index >= 15 is 0 Å². The molecule has 27 nitrogen and oxygen atoms in total. The van der Waals surface area contributed by atoms with Crippen molar-refractivity contribution in [2.24, 2.45) is 14.1 Å². The Bertz CT molecular complexity index is 3570. The predicted octanol–water partition coefficient (Wildman–Crippen LogP) is -4.77. The number of amides is 2. The van der Waals surface area contributed by atoms with Gasteiger partial charge in [0, 0.05) is 23.5 Å². The Hall–Kier alpha value is -5.49. The molecule has 4 atom stereocenters. The molecule has 8 heterocycles. The average molecular weight is 1200 g/mol. The second kappa shape index (κ2) is 29.1. The molecule has 0 spiro atoms. The Balaban J connectivity index is 0.000000228. The van der Waals surface area contributed by atoms with Crippen LogP contribution < -0.4 is 114 Å². The summed E-state index contributed by atoms with van der Waals surface area (Å²) in [6, 6.07) is 36.9. The van der Waals surface area contributed by atoms with Crippen molar-refractivity contribution in [3.63, 3.8) is 0 Å². The normalized spacial score (nSPS) is 17.1. The third-order valence-electron chi connectivity index (χ3n) is 12.9. The number of hydrogen-bond acceptors (Lipinski definition) is 23. The van der Waals surface area contributed by atoms with Crippen LogP contribution in [-0.4, -0.2) is 107 Å². The first-order chi connectivity index (χ1) is 38.6. The second-order valence-corrected chi connectivity index (χ2v) is 20.9. The summed E-state index contributed by atoms with van der Waals surface area (Å²) >= 11 is 0. The number of aromatic nitrogens is 10. The van der Waals surface area contributed by atoms with E-state index in [2.05, 4.69) is 50.2 Å². The molecule has 2 amide bonds. The zero-order chi connectivity index (χ0) is 56.0. The fraction of sp³-hybridized carbons (Fsp3) is 0.235. The second-order valence-electron chi connectivity index (χ2n) is 18.1. The molecular formula is C51H45N12Na3O15P2. The Morgan fingerprint density at radius 2 is 1.00 bits per heavy atom. The van der Waals surface area contributed by atoms with Gasteiger partial charge in [-0.25, -0.2) is 14.2 Å². The van der Waals surface area contributed by atoms with E-state index in [0.29, 0.717) is 41.6 Å². The molecule has 412 valence electrons. The molecule has 0 bridgehead atoms. The fourth-order valence-electron chi connectivity index (χ4n) is 9.26. The smallest absolute Gasteiger partial charge is 0.790 e. The number of pyridine rings is 2. The number of carbonyl (C=O) groups is 3. The van der Waals surface area contributed by atoms with Crippen molar-refractivity contribution in [2.45, 2.75) is 50.3 Å². The van der Waals surface area contributed by atoms with Crippen LogP contribution in [0.15, 0.2) is 134 Å². The molecule has 12 rings (SSSR count). The number of hydrogen-bond donors (Lipinski definition) is 0. The average Bonchev–Trinajstić information content (AvgIpc) is 4.37. The van der Waals surface area contributed by atoms with E-state index in [1.807, 2.05) is 109 Å². The number of rotatable bonds is 17. The number of ether oxygens (including phenoxy) is 2. The van der Waals surface area contributed by atoms with Gasteiger partial charge in [0.15, 0.2) is 0 Å². The number of nitrogens with zero attached hydrogens (tertiary/aromatic N) is 12. The van der Waals surface area contributed by atoms with Crippen molar-refractivity contribution in [3.05, 3.63) is 156 Å². The van der Waals surface area contributed by atoms with E-state index in [0.717, 1.165) is 50.2 Å². The quantitative estimate of drug-likeness (QED) is 0.0272. The molecule has 0 radical (unpaired) electrons. The molecule has 2 saturated heterocycles. The van der Waals surface area contributed by atoms with E-state index < -0.39 is 52.7 Å². The summed E-state index contributed by atoms with van der Waals surface area (Å²) in [6.07, 6.45) is 1.85. The molecule has 4 aliphatic rings. The number of benzene rings is 4. The van der Waals surface area contributed by atoms with Gasteiger partial charge in [-0.15, -0.1) is 20.4 Å². The van der Waals surface area contributed by atoms with Gasteiger partial charge >= 0.3 is 109 Å². The molecule has 0 saturated carbocycles. The summed E-state index contributed by atoms with van der Waals surface area (Å²) in [5.74, 6) is 0.877. The minimum Gasteiger partial charge on any atom is -0.790 e. The number of phosphoric ester groups is 2. The molecule has 32 heteroatoms. The minimum atomic E-state index is -5.15. The number of cyclic esters (lactones) is 2. The van der Waals surface area contributed by atoms with Gasteiger partial charge in [0.05, 0.1) is 71.8 Å². The zero-order valence-corrected chi connectivity index (χ0v) is 53.0. The molecule has 0 unspecified atom stereocenters. The van der Waals surface area contributed by atoms with Crippen LogP contribution in [0, 0.1) is 0 Å². The van der Waals surface area contributed by atoms with E-state index in [1.165, 1.54) is 14.5 Å². The van der Waals surface area contributed by atoms with Crippen molar-refractivity contribution in [1.29, 1.82) is 0 Å².